The van der Waals surface area contributed by atoms with Crippen molar-refractivity contribution in [1.82, 2.24) is 4.90 Å². The van der Waals surface area contributed by atoms with Crippen LogP contribution in [0.5, 0.6) is 17.2 Å². The van der Waals surface area contributed by atoms with Gasteiger partial charge in [-0.2, -0.15) is 0 Å². The van der Waals surface area contributed by atoms with Crippen LogP contribution in [-0.2, 0) is 0 Å². The molecule has 0 fully saturated rings. The predicted octanol–water partition coefficient (Wildman–Crippen LogP) is 5.77. The minimum Gasteiger partial charge on any atom is -0.488 e. The molecule has 0 aliphatic heterocycles. The van der Waals surface area contributed by atoms with E-state index < -0.39 is 5.82 Å². The van der Waals surface area contributed by atoms with Crippen molar-refractivity contribution in [2.24, 2.45) is 0 Å². The molecule has 0 radical (unpaired) electrons. The Morgan fingerprint density at radius 1 is 1.00 bits per heavy atom. The van der Waals surface area contributed by atoms with Gasteiger partial charge < -0.3 is 9.47 Å². The van der Waals surface area contributed by atoms with Crippen molar-refractivity contribution in [3.63, 3.8) is 0 Å². The molecular formula is C20H25ClFNO2. The molecule has 2 rings (SSSR count). The lowest BCUT2D eigenvalue weighted by molar-refractivity contribution is 0.140. The third kappa shape index (κ3) is 5.62. The third-order valence-electron chi connectivity index (χ3n) is 3.90. The van der Waals surface area contributed by atoms with Gasteiger partial charge in [-0.3, -0.25) is 4.90 Å². The largest absolute Gasteiger partial charge is 0.488 e. The summed E-state index contributed by atoms with van der Waals surface area (Å²) in [4.78, 5) is 2.32. The molecule has 0 N–H and O–H groups in total. The molecule has 0 aromatic heterocycles. The fourth-order valence-corrected chi connectivity index (χ4v) is 2.82. The fourth-order valence-electron chi connectivity index (χ4n) is 2.70. The van der Waals surface area contributed by atoms with E-state index in [0.29, 0.717) is 35.2 Å². The van der Waals surface area contributed by atoms with Crippen LogP contribution in [0.25, 0.3) is 0 Å². The maximum Gasteiger partial charge on any atom is 0.204 e. The zero-order valence-corrected chi connectivity index (χ0v) is 15.9. The first-order valence-electron chi connectivity index (χ1n) is 8.49. The number of hydrogen-bond acceptors (Lipinski definition) is 3. The van der Waals surface area contributed by atoms with Crippen molar-refractivity contribution >= 4 is 11.6 Å². The average Bonchev–Trinajstić information content (AvgIpc) is 2.55. The summed E-state index contributed by atoms with van der Waals surface area (Å²) in [6, 6.07) is 12.3. The molecule has 0 bridgehead atoms. The predicted molar refractivity (Wildman–Crippen MR) is 100 cm³/mol. The van der Waals surface area contributed by atoms with Crippen LogP contribution in [0.3, 0.4) is 0 Å². The van der Waals surface area contributed by atoms with Crippen LogP contribution in [0.4, 0.5) is 4.39 Å². The van der Waals surface area contributed by atoms with Crippen LogP contribution in [0.1, 0.15) is 27.7 Å². The van der Waals surface area contributed by atoms with Crippen LogP contribution in [-0.4, -0.2) is 30.1 Å². The Labute approximate surface area is 154 Å². The molecule has 3 nitrogen and oxygen atoms in total. The lowest BCUT2D eigenvalue weighted by atomic mass is 10.2. The Bertz CT molecular complexity index is 666. The van der Waals surface area contributed by atoms with E-state index in [0.717, 1.165) is 6.54 Å². The van der Waals surface area contributed by atoms with Gasteiger partial charge in [0.25, 0.3) is 0 Å². The molecular weight excluding hydrogens is 341 g/mol. The van der Waals surface area contributed by atoms with E-state index in [1.807, 2.05) is 0 Å². The Morgan fingerprint density at radius 3 is 2.24 bits per heavy atom. The summed E-state index contributed by atoms with van der Waals surface area (Å²) in [5.74, 6) is 0.523. The van der Waals surface area contributed by atoms with Crippen molar-refractivity contribution in [2.75, 3.05) is 13.2 Å². The number of ether oxygens (including phenoxy) is 2. The molecule has 25 heavy (non-hydrogen) atoms. The number of benzene rings is 2. The highest BCUT2D eigenvalue weighted by molar-refractivity contribution is 6.30. The number of nitrogens with zero attached hydrogens (tertiary/aromatic N) is 1. The van der Waals surface area contributed by atoms with E-state index in [-0.39, 0.29) is 5.75 Å². The van der Waals surface area contributed by atoms with Crippen LogP contribution in [0, 0.1) is 5.82 Å². The SMILES string of the molecule is CC(C)N(CCOc1cccc(F)c1Oc1ccc(Cl)cc1)C(C)C. The summed E-state index contributed by atoms with van der Waals surface area (Å²) >= 11 is 5.87. The Balaban J connectivity index is 2.08. The minimum atomic E-state index is -0.461. The van der Waals surface area contributed by atoms with E-state index in [9.17, 15) is 4.39 Å². The van der Waals surface area contributed by atoms with E-state index in [4.69, 9.17) is 21.1 Å². The smallest absolute Gasteiger partial charge is 0.204 e. The zero-order valence-electron chi connectivity index (χ0n) is 15.1. The Kier molecular flexibility index (Phi) is 7.09. The monoisotopic (exact) mass is 365 g/mol. The van der Waals surface area contributed by atoms with Gasteiger partial charge in [0.15, 0.2) is 11.6 Å². The molecule has 0 aliphatic rings. The molecule has 0 heterocycles. The van der Waals surface area contributed by atoms with Gasteiger partial charge in [-0.1, -0.05) is 17.7 Å². The summed E-state index contributed by atoms with van der Waals surface area (Å²) in [6.45, 7) is 9.81. The van der Waals surface area contributed by atoms with Gasteiger partial charge in [0.05, 0.1) is 0 Å². The summed E-state index contributed by atoms with van der Waals surface area (Å²) in [7, 11) is 0. The van der Waals surface area contributed by atoms with Crippen molar-refractivity contribution in [1.29, 1.82) is 0 Å². The molecule has 136 valence electrons. The highest BCUT2D eigenvalue weighted by atomic mass is 35.5. The van der Waals surface area contributed by atoms with Gasteiger partial charge in [0.2, 0.25) is 5.75 Å². The maximum absolute atomic E-state index is 14.2. The van der Waals surface area contributed by atoms with Crippen molar-refractivity contribution < 1.29 is 13.9 Å². The Morgan fingerprint density at radius 2 is 1.64 bits per heavy atom. The number of para-hydroxylation sites is 1. The van der Waals surface area contributed by atoms with Crippen molar-refractivity contribution in [2.45, 2.75) is 39.8 Å². The van der Waals surface area contributed by atoms with Gasteiger partial charge in [0, 0.05) is 23.7 Å². The van der Waals surface area contributed by atoms with Crippen LogP contribution in [0.15, 0.2) is 42.5 Å². The second-order valence-electron chi connectivity index (χ2n) is 6.40. The number of rotatable bonds is 8. The molecule has 0 saturated carbocycles. The average molecular weight is 366 g/mol. The normalized spacial score (nSPS) is 11.4. The van der Waals surface area contributed by atoms with E-state index in [1.165, 1.54) is 6.07 Å². The third-order valence-corrected chi connectivity index (χ3v) is 4.15. The van der Waals surface area contributed by atoms with Gasteiger partial charge in [0.1, 0.15) is 12.4 Å². The standard InChI is InChI=1S/C20H25ClFNO2/c1-14(2)23(15(3)4)12-13-24-19-7-5-6-18(22)20(19)25-17-10-8-16(21)9-11-17/h5-11,14-15H,12-13H2,1-4H3. The molecule has 0 atom stereocenters. The molecule has 0 spiro atoms. The maximum atomic E-state index is 14.2. The molecule has 0 saturated heterocycles. The lowest BCUT2D eigenvalue weighted by Gasteiger charge is -2.30. The number of halogens is 2. The topological polar surface area (TPSA) is 21.7 Å². The van der Waals surface area contributed by atoms with Gasteiger partial charge in [-0.05, 0) is 64.1 Å². The van der Waals surface area contributed by atoms with Gasteiger partial charge in [-0.25, -0.2) is 4.39 Å². The molecule has 0 amide bonds. The van der Waals surface area contributed by atoms with Crippen molar-refractivity contribution in [3.8, 4) is 17.2 Å². The number of hydrogen-bond donors (Lipinski definition) is 0. The van der Waals surface area contributed by atoms with Crippen LogP contribution >= 0.6 is 11.6 Å². The molecule has 0 unspecified atom stereocenters. The summed E-state index contributed by atoms with van der Waals surface area (Å²) in [5.41, 5.74) is 0. The minimum absolute atomic E-state index is 0.0884. The highest BCUT2D eigenvalue weighted by Gasteiger charge is 2.15. The first-order valence-corrected chi connectivity index (χ1v) is 8.86. The van der Waals surface area contributed by atoms with E-state index in [1.54, 1.807) is 36.4 Å². The van der Waals surface area contributed by atoms with Crippen LogP contribution in [0.2, 0.25) is 5.02 Å². The lowest BCUT2D eigenvalue weighted by Crippen LogP contribution is -2.39. The van der Waals surface area contributed by atoms with E-state index in [2.05, 4.69) is 32.6 Å². The fraction of sp³-hybridized carbons (Fsp3) is 0.400. The molecule has 2 aromatic carbocycles. The second-order valence-corrected chi connectivity index (χ2v) is 6.83. The Hall–Kier alpha value is -1.78. The highest BCUT2D eigenvalue weighted by Crippen LogP contribution is 2.34. The molecule has 0 aliphatic carbocycles. The summed E-state index contributed by atoms with van der Waals surface area (Å²) in [5, 5.41) is 0.597. The van der Waals surface area contributed by atoms with E-state index >= 15 is 0 Å². The van der Waals surface area contributed by atoms with Crippen molar-refractivity contribution in [3.05, 3.63) is 53.3 Å². The van der Waals surface area contributed by atoms with Gasteiger partial charge >= 0.3 is 0 Å². The molecule has 5 heteroatoms. The second kappa shape index (κ2) is 9.07. The van der Waals surface area contributed by atoms with Crippen LogP contribution < -0.4 is 9.47 Å². The zero-order chi connectivity index (χ0) is 18.4. The summed E-state index contributed by atoms with van der Waals surface area (Å²) in [6.07, 6.45) is 0. The first kappa shape index (κ1) is 19.5. The van der Waals surface area contributed by atoms with Gasteiger partial charge in [-0.15, -0.1) is 0 Å². The molecule has 2 aromatic rings. The quantitative estimate of drug-likeness (QED) is 0.592. The summed E-state index contributed by atoms with van der Waals surface area (Å²) < 4.78 is 25.7. The first-order chi connectivity index (χ1) is 11.9.